The minimum atomic E-state index is 0.380. The highest BCUT2D eigenvalue weighted by Gasteiger charge is 2.15. The van der Waals surface area contributed by atoms with Gasteiger partial charge in [0, 0.05) is 6.42 Å². The lowest BCUT2D eigenvalue weighted by Gasteiger charge is -1.39. The Balaban J connectivity index is 2.81. The summed E-state index contributed by atoms with van der Waals surface area (Å²) in [4.78, 5) is 0. The summed E-state index contributed by atoms with van der Waals surface area (Å²) < 4.78 is 0. The molecular formula is C5H. The van der Waals surface area contributed by atoms with Crippen LogP contribution in [-0.4, -0.2) is 0 Å². The van der Waals surface area contributed by atoms with E-state index >= 15 is 0 Å². The van der Waals surface area contributed by atoms with Gasteiger partial charge in [-0.15, -0.1) is 0 Å². The van der Waals surface area contributed by atoms with E-state index < -0.39 is 0 Å². The van der Waals surface area contributed by atoms with Gasteiger partial charge in [-0.2, -0.15) is 0 Å². The van der Waals surface area contributed by atoms with Gasteiger partial charge in [0.05, 0.1) is 0 Å². The molecule has 1 aliphatic carbocycles. The maximum Gasteiger partial charge on any atom is 0.0219 e. The highest BCUT2D eigenvalue weighted by atomic mass is 14.2. The van der Waals surface area contributed by atoms with Gasteiger partial charge >= 0.3 is 0 Å². The molecule has 0 aromatic carbocycles. The van der Waals surface area contributed by atoms with Crippen LogP contribution in [0.4, 0.5) is 0 Å². The van der Waals surface area contributed by atoms with Crippen LogP contribution in [0.15, 0.2) is 11.1 Å². The molecule has 0 aromatic heterocycles. The first-order valence-corrected chi connectivity index (χ1v) is 1.33. The number of rotatable bonds is 0. The molecule has 0 spiro atoms. The van der Waals surface area contributed by atoms with Crippen LogP contribution in [-0.2, 0) is 0 Å². The molecular weight excluding hydrogens is 60.1 g/mol. The van der Waals surface area contributed by atoms with Crippen LogP contribution in [0, 0.1) is 19.6 Å². The van der Waals surface area contributed by atoms with Gasteiger partial charge in [0.15, 0.2) is 0 Å². The van der Waals surface area contributed by atoms with Crippen molar-refractivity contribution in [2.75, 3.05) is 0 Å². The van der Waals surface area contributed by atoms with Crippen molar-refractivity contribution in [1.29, 1.82) is 0 Å². The number of allylic oxidation sites excluding steroid dienone is 2. The summed E-state index contributed by atoms with van der Waals surface area (Å²) in [5.41, 5.74) is 0.759. The molecule has 0 amide bonds. The summed E-state index contributed by atoms with van der Waals surface area (Å²) in [6, 6.07) is 0. The van der Waals surface area contributed by atoms with E-state index in [4.69, 9.17) is 13.2 Å². The van der Waals surface area contributed by atoms with Gasteiger partial charge in [0.1, 0.15) is 0 Å². The van der Waals surface area contributed by atoms with Crippen LogP contribution >= 0.6 is 0 Å². The van der Waals surface area contributed by atoms with E-state index in [9.17, 15) is 0 Å². The van der Waals surface area contributed by atoms with Crippen molar-refractivity contribution >= 4 is 0 Å². The first-order valence-electron chi connectivity index (χ1n) is 1.33. The van der Waals surface area contributed by atoms with Crippen molar-refractivity contribution in [3.63, 3.8) is 0 Å². The maximum absolute atomic E-state index is 6.54. The summed E-state index contributed by atoms with van der Waals surface area (Å²) >= 11 is 0. The molecule has 0 aromatic rings. The molecule has 0 atom stereocenters. The summed E-state index contributed by atoms with van der Waals surface area (Å²) in [5, 5.41) is 0. The minimum absolute atomic E-state index is 0.380. The van der Waals surface area contributed by atoms with Crippen LogP contribution in [0.1, 0.15) is 0 Å². The summed E-state index contributed by atoms with van der Waals surface area (Å²) in [6.45, 7) is 13.1. The topological polar surface area (TPSA) is 0 Å². The third-order valence-corrected chi connectivity index (χ3v) is 0.496. The highest BCUT2D eigenvalue weighted by molar-refractivity contribution is 5.58. The Labute approximate surface area is 31.8 Å². The van der Waals surface area contributed by atoms with E-state index in [0.29, 0.717) is 11.1 Å². The molecule has 0 heterocycles. The normalized spacial score (nSPS) is 20.0. The average Bonchev–Trinajstić information content (AvgIpc) is 1.79. The first-order chi connectivity index (χ1) is 2.30. The minimum Gasteiger partial charge on any atom is -0.0265 e. The molecule has 0 N–H and O–H groups in total. The first kappa shape index (κ1) is 2.70. The Morgan fingerprint density at radius 2 is 1.40 bits per heavy atom. The third-order valence-electron chi connectivity index (χ3n) is 0.496. The smallest absolute Gasteiger partial charge is 0.0219 e. The van der Waals surface area contributed by atoms with Crippen molar-refractivity contribution in [3.05, 3.63) is 30.7 Å². The fourth-order valence-electron chi connectivity index (χ4n) is 0.108. The number of hydrogen-bond donors (Lipinski definition) is 0. The largest absolute Gasteiger partial charge is 0.0265 e. The van der Waals surface area contributed by atoms with Gasteiger partial charge in [-0.05, 0) is 24.3 Å². The van der Waals surface area contributed by atoms with Crippen LogP contribution in [0.2, 0.25) is 0 Å². The molecule has 0 unspecified atom stereocenters. The predicted molar refractivity (Wildman–Crippen MR) is 17.8 cm³/mol. The molecule has 0 heteroatoms. The quantitative estimate of drug-likeness (QED) is 0.386. The van der Waals surface area contributed by atoms with E-state index in [1.807, 2.05) is 0 Å². The fourth-order valence-corrected chi connectivity index (χ4v) is 0.108. The molecule has 0 aliphatic heterocycles. The molecule has 21 valence electrons. The standard InChI is InChI=1S/C5H/c1-4-3-5(4)2/h3H. The van der Waals surface area contributed by atoms with Crippen LogP contribution in [0.3, 0.4) is 0 Å². The number of hydrogen-bond acceptors (Lipinski definition) is 0. The summed E-state index contributed by atoms with van der Waals surface area (Å²) in [7, 11) is 0. The van der Waals surface area contributed by atoms with Crippen molar-refractivity contribution in [2.24, 2.45) is 0 Å². The highest BCUT2D eigenvalue weighted by Crippen LogP contribution is 2.29. The Morgan fingerprint density at radius 3 is 1.40 bits per heavy atom. The van der Waals surface area contributed by atoms with Gasteiger partial charge in [-0.3, -0.25) is 0 Å². The van der Waals surface area contributed by atoms with Gasteiger partial charge in [0.2, 0.25) is 0 Å². The van der Waals surface area contributed by atoms with Gasteiger partial charge in [0.25, 0.3) is 0 Å². The van der Waals surface area contributed by atoms with Crippen LogP contribution in [0.5, 0.6) is 0 Å². The molecule has 1 aliphatic rings. The lowest BCUT2D eigenvalue weighted by Crippen LogP contribution is -1.23. The van der Waals surface area contributed by atoms with Crippen LogP contribution < -0.4 is 0 Å². The van der Waals surface area contributed by atoms with E-state index in [2.05, 4.69) is 0 Å². The SMILES string of the molecule is [C]=C1[CH]C1=[C]. The average molecular weight is 61.1 g/mol. The zero-order chi connectivity index (χ0) is 3.86. The monoisotopic (exact) mass is 61.0 g/mol. The fraction of sp³-hybridized carbons (Fsp3) is 0. The van der Waals surface area contributed by atoms with Crippen molar-refractivity contribution < 1.29 is 0 Å². The van der Waals surface area contributed by atoms with E-state index in [-0.39, 0.29) is 0 Å². The second-order valence-corrected chi connectivity index (χ2v) is 0.972. The van der Waals surface area contributed by atoms with Gasteiger partial charge < -0.3 is 0 Å². The molecule has 0 bridgehead atoms. The third kappa shape index (κ3) is 0.254. The zero-order valence-corrected chi connectivity index (χ0v) is 2.58. The lowest BCUT2D eigenvalue weighted by molar-refractivity contribution is 2.08. The second kappa shape index (κ2) is 0.510. The zero-order valence-electron chi connectivity index (χ0n) is 2.58. The Bertz CT molecular complexity index is 76.2. The molecule has 5 heavy (non-hydrogen) atoms. The van der Waals surface area contributed by atoms with Crippen LogP contribution in [0.25, 0.3) is 0 Å². The Kier molecular flexibility index (Phi) is 0.276. The Hall–Kier alpha value is -0.520. The molecule has 1 fully saturated rings. The van der Waals surface area contributed by atoms with Crippen molar-refractivity contribution in [2.45, 2.75) is 0 Å². The van der Waals surface area contributed by atoms with E-state index in [1.54, 1.807) is 0 Å². The Morgan fingerprint density at radius 1 is 1.20 bits per heavy atom. The van der Waals surface area contributed by atoms with E-state index in [0.717, 1.165) is 0 Å². The van der Waals surface area contributed by atoms with Gasteiger partial charge in [-0.1, -0.05) is 0 Å². The summed E-state index contributed by atoms with van der Waals surface area (Å²) in [5.74, 6) is 0. The summed E-state index contributed by atoms with van der Waals surface area (Å²) in [6.07, 6.45) is 1.50. The van der Waals surface area contributed by atoms with Crippen molar-refractivity contribution in [1.82, 2.24) is 0 Å². The van der Waals surface area contributed by atoms with E-state index in [1.165, 1.54) is 6.42 Å². The molecule has 1 saturated carbocycles. The second-order valence-electron chi connectivity index (χ2n) is 0.972. The molecule has 0 nitrogen and oxygen atoms in total. The lowest BCUT2D eigenvalue weighted by atomic mass is 10.6. The molecule has 5 radical (unpaired) electrons. The molecule has 0 saturated heterocycles. The predicted octanol–water partition coefficient (Wildman–Crippen LogP) is 0.677. The van der Waals surface area contributed by atoms with Gasteiger partial charge in [-0.25, -0.2) is 0 Å². The maximum atomic E-state index is 6.54. The van der Waals surface area contributed by atoms with Crippen molar-refractivity contribution in [3.8, 4) is 0 Å². The molecule has 1 rings (SSSR count).